The average molecular weight is 277 g/mol. The van der Waals surface area contributed by atoms with Gasteiger partial charge in [0, 0.05) is 5.02 Å². The molecule has 0 fully saturated rings. The molecule has 84 valence electrons. The third-order valence-electron chi connectivity index (χ3n) is 1.43. The van der Waals surface area contributed by atoms with Gasteiger partial charge in [-0.25, -0.2) is 0 Å². The van der Waals surface area contributed by atoms with E-state index in [1.165, 1.54) is 18.2 Å². The maximum absolute atomic E-state index is 11.9. The van der Waals surface area contributed by atoms with Gasteiger partial charge in [0.05, 0.1) is 20.7 Å². The molecular formula is C8H5Cl2F3OS. The number of hydrogen-bond donors (Lipinski definition) is 0. The molecule has 0 aromatic heterocycles. The molecule has 0 radical (unpaired) electrons. The van der Waals surface area contributed by atoms with E-state index in [0.717, 1.165) is 0 Å². The van der Waals surface area contributed by atoms with Crippen molar-refractivity contribution < 1.29 is 17.4 Å². The fourth-order valence-electron chi connectivity index (χ4n) is 0.886. The summed E-state index contributed by atoms with van der Waals surface area (Å²) in [6.07, 6.45) is -4.48. The van der Waals surface area contributed by atoms with Crippen molar-refractivity contribution in [3.8, 4) is 0 Å². The highest BCUT2D eigenvalue weighted by molar-refractivity contribution is 7.85. The van der Waals surface area contributed by atoms with Crippen LogP contribution in [0, 0.1) is 0 Å². The fourth-order valence-corrected chi connectivity index (χ4v) is 2.50. The zero-order valence-corrected chi connectivity index (χ0v) is 9.47. The Balaban J connectivity index is 2.92. The molecule has 7 heteroatoms. The monoisotopic (exact) mass is 276 g/mol. The molecule has 0 spiro atoms. The SMILES string of the molecule is O=S(CC(F)(F)F)c1ccc(Cl)cc1Cl. The normalized spacial score (nSPS) is 13.9. The fraction of sp³-hybridized carbons (Fsp3) is 0.250. The average Bonchev–Trinajstić information content (AvgIpc) is 1.99. The summed E-state index contributed by atoms with van der Waals surface area (Å²) < 4.78 is 47.1. The van der Waals surface area contributed by atoms with Crippen LogP contribution in [0.2, 0.25) is 10.0 Å². The maximum Gasteiger partial charge on any atom is 0.400 e. The number of rotatable bonds is 2. The van der Waals surface area contributed by atoms with E-state index < -0.39 is 22.7 Å². The molecule has 0 saturated heterocycles. The van der Waals surface area contributed by atoms with E-state index >= 15 is 0 Å². The van der Waals surface area contributed by atoms with E-state index in [0.29, 0.717) is 0 Å². The molecule has 0 saturated carbocycles. The third-order valence-corrected chi connectivity index (χ3v) is 3.53. The van der Waals surface area contributed by atoms with Gasteiger partial charge >= 0.3 is 6.18 Å². The third kappa shape index (κ3) is 4.01. The van der Waals surface area contributed by atoms with Crippen molar-refractivity contribution in [2.45, 2.75) is 11.1 Å². The van der Waals surface area contributed by atoms with Crippen molar-refractivity contribution in [3.05, 3.63) is 28.2 Å². The molecule has 1 atom stereocenters. The first-order valence-electron chi connectivity index (χ1n) is 3.70. The summed E-state index contributed by atoms with van der Waals surface area (Å²) in [5, 5.41) is 0.262. The molecule has 1 aromatic carbocycles. The van der Waals surface area contributed by atoms with Crippen LogP contribution in [0.15, 0.2) is 23.1 Å². The van der Waals surface area contributed by atoms with Gasteiger partial charge in [0.2, 0.25) is 0 Å². The highest BCUT2D eigenvalue weighted by Crippen LogP contribution is 2.26. The Bertz CT molecular complexity index is 392. The van der Waals surface area contributed by atoms with Crippen molar-refractivity contribution in [3.63, 3.8) is 0 Å². The second-order valence-corrected chi connectivity index (χ2v) is 4.94. The minimum absolute atomic E-state index is 0.0231. The quantitative estimate of drug-likeness (QED) is 0.806. The predicted octanol–water partition coefficient (Wildman–Crippen LogP) is 3.66. The number of benzene rings is 1. The number of halogens is 5. The van der Waals surface area contributed by atoms with Crippen LogP contribution < -0.4 is 0 Å². The van der Waals surface area contributed by atoms with E-state index in [9.17, 15) is 17.4 Å². The van der Waals surface area contributed by atoms with Crippen molar-refractivity contribution >= 4 is 34.0 Å². The standard InChI is InChI=1S/C8H5Cl2F3OS/c9-5-1-2-7(6(10)3-5)15(14)4-8(11,12)13/h1-3H,4H2. The van der Waals surface area contributed by atoms with Crippen LogP contribution in [0.3, 0.4) is 0 Å². The second-order valence-electron chi connectivity index (χ2n) is 2.68. The Labute approximate surface area is 96.6 Å². The van der Waals surface area contributed by atoms with Crippen molar-refractivity contribution in [1.29, 1.82) is 0 Å². The smallest absolute Gasteiger partial charge is 0.254 e. The molecule has 15 heavy (non-hydrogen) atoms. The lowest BCUT2D eigenvalue weighted by molar-refractivity contribution is -0.105. The van der Waals surface area contributed by atoms with Crippen molar-refractivity contribution in [2.75, 3.05) is 5.75 Å². The summed E-state index contributed by atoms with van der Waals surface area (Å²) in [4.78, 5) is -0.0570. The summed E-state index contributed by atoms with van der Waals surface area (Å²) >= 11 is 11.2. The van der Waals surface area contributed by atoms with Crippen LogP contribution in [-0.4, -0.2) is 16.1 Å². The first-order chi connectivity index (χ1) is 6.79. The Morgan fingerprint density at radius 1 is 1.27 bits per heavy atom. The summed E-state index contributed by atoms with van der Waals surface area (Å²) in [6, 6.07) is 3.83. The van der Waals surface area contributed by atoms with Crippen molar-refractivity contribution in [2.24, 2.45) is 0 Å². The lowest BCUT2D eigenvalue weighted by Crippen LogP contribution is -2.18. The summed E-state index contributed by atoms with van der Waals surface area (Å²) in [7, 11) is -2.19. The Morgan fingerprint density at radius 3 is 2.33 bits per heavy atom. The maximum atomic E-state index is 11.9. The van der Waals surface area contributed by atoms with Gasteiger partial charge < -0.3 is 0 Å². The minimum atomic E-state index is -4.48. The van der Waals surface area contributed by atoms with Gasteiger partial charge in [-0.1, -0.05) is 23.2 Å². The van der Waals surface area contributed by atoms with E-state index in [1.807, 2.05) is 0 Å². The Hall–Kier alpha value is -0.260. The summed E-state index contributed by atoms with van der Waals surface area (Å²) in [6.45, 7) is 0. The van der Waals surface area contributed by atoms with Gasteiger partial charge in [-0.05, 0) is 18.2 Å². The lowest BCUT2D eigenvalue weighted by atomic mass is 10.4. The Kier molecular flexibility index (Phi) is 4.03. The first kappa shape index (κ1) is 12.8. The summed E-state index contributed by atoms with van der Waals surface area (Å²) in [5.41, 5.74) is 0. The first-order valence-corrected chi connectivity index (χ1v) is 5.77. The molecule has 0 aliphatic carbocycles. The topological polar surface area (TPSA) is 17.1 Å². The van der Waals surface area contributed by atoms with Crippen molar-refractivity contribution in [1.82, 2.24) is 0 Å². The van der Waals surface area contributed by atoms with Gasteiger partial charge in [0.15, 0.2) is 0 Å². The molecule has 0 aliphatic rings. The van der Waals surface area contributed by atoms with Crippen LogP contribution in [0.5, 0.6) is 0 Å². The van der Waals surface area contributed by atoms with E-state index in [1.54, 1.807) is 0 Å². The van der Waals surface area contributed by atoms with Crippen LogP contribution in [-0.2, 0) is 10.8 Å². The lowest BCUT2D eigenvalue weighted by Gasteiger charge is -2.07. The zero-order valence-electron chi connectivity index (χ0n) is 7.15. The van der Waals surface area contributed by atoms with Gasteiger partial charge in [0.1, 0.15) is 5.75 Å². The molecule has 0 heterocycles. The largest absolute Gasteiger partial charge is 0.400 e. The molecule has 0 amide bonds. The molecule has 0 aliphatic heterocycles. The van der Waals surface area contributed by atoms with Crippen LogP contribution >= 0.6 is 23.2 Å². The van der Waals surface area contributed by atoms with Crippen LogP contribution in [0.25, 0.3) is 0 Å². The molecule has 1 rings (SSSR count). The zero-order chi connectivity index (χ0) is 11.6. The van der Waals surface area contributed by atoms with E-state index in [2.05, 4.69) is 0 Å². The molecule has 0 N–H and O–H groups in total. The molecule has 1 unspecified atom stereocenters. The minimum Gasteiger partial charge on any atom is -0.254 e. The molecular weight excluding hydrogens is 272 g/mol. The van der Waals surface area contributed by atoms with Crippen LogP contribution in [0.1, 0.15) is 0 Å². The highest BCUT2D eigenvalue weighted by Gasteiger charge is 2.31. The molecule has 1 nitrogen and oxygen atoms in total. The highest BCUT2D eigenvalue weighted by atomic mass is 35.5. The molecule has 1 aromatic rings. The second kappa shape index (κ2) is 4.72. The molecule has 0 bridgehead atoms. The number of alkyl halides is 3. The Morgan fingerprint density at radius 2 is 1.87 bits per heavy atom. The van der Waals surface area contributed by atoms with Crippen LogP contribution in [0.4, 0.5) is 13.2 Å². The number of hydrogen-bond acceptors (Lipinski definition) is 1. The van der Waals surface area contributed by atoms with Gasteiger partial charge in [-0.15, -0.1) is 0 Å². The van der Waals surface area contributed by atoms with E-state index in [-0.39, 0.29) is 14.9 Å². The van der Waals surface area contributed by atoms with Gasteiger partial charge in [-0.2, -0.15) is 13.2 Å². The van der Waals surface area contributed by atoms with Gasteiger partial charge in [-0.3, -0.25) is 4.21 Å². The predicted molar refractivity (Wildman–Crippen MR) is 53.8 cm³/mol. The summed E-state index contributed by atoms with van der Waals surface area (Å²) in [5.74, 6) is -1.41. The van der Waals surface area contributed by atoms with Gasteiger partial charge in [0.25, 0.3) is 0 Å². The van der Waals surface area contributed by atoms with E-state index in [4.69, 9.17) is 23.2 Å².